The van der Waals surface area contributed by atoms with Crippen molar-refractivity contribution in [3.63, 3.8) is 0 Å². The molecule has 1 aromatic heterocycles. The van der Waals surface area contributed by atoms with E-state index in [9.17, 15) is 14.7 Å². The molecule has 2 heterocycles. The second-order valence-corrected chi connectivity index (χ2v) is 13.0. The van der Waals surface area contributed by atoms with E-state index in [0.717, 1.165) is 24.2 Å². The average Bonchev–Trinajstić information content (AvgIpc) is 3.45. The summed E-state index contributed by atoms with van der Waals surface area (Å²) in [5.41, 5.74) is 3.52. The van der Waals surface area contributed by atoms with Crippen LogP contribution in [0, 0.1) is 0 Å². The summed E-state index contributed by atoms with van der Waals surface area (Å²) in [6.45, 7) is 7.53. The van der Waals surface area contributed by atoms with Gasteiger partial charge in [0.1, 0.15) is 22.9 Å². The normalized spacial score (nSPS) is 15.6. The van der Waals surface area contributed by atoms with Crippen LogP contribution in [0.25, 0.3) is 0 Å². The van der Waals surface area contributed by atoms with Crippen molar-refractivity contribution in [2.24, 2.45) is 0 Å². The van der Waals surface area contributed by atoms with Gasteiger partial charge < -0.3 is 34.9 Å². The van der Waals surface area contributed by atoms with E-state index in [1.54, 1.807) is 37.4 Å². The van der Waals surface area contributed by atoms with E-state index >= 15 is 0 Å². The lowest BCUT2D eigenvalue weighted by atomic mass is 10.1. The van der Waals surface area contributed by atoms with Crippen LogP contribution in [0.4, 0.5) is 10.6 Å². The van der Waals surface area contributed by atoms with Gasteiger partial charge in [0.2, 0.25) is 0 Å². The number of rotatable bonds is 12. The molecule has 1 saturated heterocycles. The predicted octanol–water partition coefficient (Wildman–Crippen LogP) is 3.89. The molecule has 5 rings (SSSR count). The summed E-state index contributed by atoms with van der Waals surface area (Å²) in [4.78, 5) is 33.5. The smallest absolute Gasteiger partial charge is 0.410 e. The maximum atomic E-state index is 13.1. The number of fused-ring (bicyclic) bond motifs is 1. The Morgan fingerprint density at radius 2 is 1.76 bits per heavy atom. The zero-order valence-electron chi connectivity index (χ0n) is 27.3. The van der Waals surface area contributed by atoms with Crippen LogP contribution >= 0.6 is 0 Å². The Morgan fingerprint density at radius 3 is 2.41 bits per heavy atom. The minimum absolute atomic E-state index is 0.0113. The van der Waals surface area contributed by atoms with Crippen LogP contribution in [0.2, 0.25) is 0 Å². The lowest BCUT2D eigenvalue weighted by molar-refractivity contribution is 0.0104. The third-order valence-corrected chi connectivity index (χ3v) is 8.26. The highest BCUT2D eigenvalue weighted by Gasteiger charge is 2.34. The number of anilines is 1. The van der Waals surface area contributed by atoms with Crippen LogP contribution in [0.15, 0.2) is 60.8 Å². The van der Waals surface area contributed by atoms with Gasteiger partial charge in [-0.05, 0) is 62.9 Å². The van der Waals surface area contributed by atoms with Crippen LogP contribution in [0.3, 0.4) is 0 Å². The fourth-order valence-electron chi connectivity index (χ4n) is 5.89. The molecule has 2 aliphatic rings. The summed E-state index contributed by atoms with van der Waals surface area (Å²) >= 11 is 0. The molecule has 1 aliphatic heterocycles. The molecule has 2 aromatic carbocycles. The van der Waals surface area contributed by atoms with Crippen molar-refractivity contribution in [2.45, 2.75) is 63.9 Å². The first-order valence-corrected chi connectivity index (χ1v) is 15.7. The number of aliphatic hydroxyl groups excluding tert-OH is 1. The molecule has 3 aromatic rings. The van der Waals surface area contributed by atoms with Crippen molar-refractivity contribution in [2.75, 3.05) is 45.7 Å². The van der Waals surface area contributed by atoms with Crippen LogP contribution in [0.5, 0.6) is 11.5 Å². The molecule has 0 spiro atoms. The first-order valence-electron chi connectivity index (χ1n) is 15.7. The summed E-state index contributed by atoms with van der Waals surface area (Å²) in [6, 6.07) is 17.8. The second kappa shape index (κ2) is 14.4. The molecule has 1 aliphatic carbocycles. The second-order valence-electron chi connectivity index (χ2n) is 13.0. The highest BCUT2D eigenvalue weighted by Crippen LogP contribution is 2.30. The number of nitrogens with zero attached hydrogens (tertiary/aromatic N) is 3. The standard InChI is InChI=1S/C35H45N5O6/c1-35(2,3)46-34(43)40-20-27(21-40)38-32-16-25(12-13-36-32)33(42)37-18-29(41)22-39(28-14-23-8-6-7-9-24(23)15-28)19-26-10-11-30(44-4)17-31(26)45-5/h6-13,16-17,27-29,41H,14-15,18-22H2,1-5H3,(H,36,38)(H,37,42). The minimum Gasteiger partial charge on any atom is -0.497 e. The van der Waals surface area contributed by atoms with Crippen molar-refractivity contribution < 1.29 is 28.9 Å². The molecular formula is C35H45N5O6. The van der Waals surface area contributed by atoms with Gasteiger partial charge in [0.25, 0.3) is 5.91 Å². The highest BCUT2D eigenvalue weighted by molar-refractivity contribution is 5.94. The molecule has 11 nitrogen and oxygen atoms in total. The Labute approximate surface area is 270 Å². The molecule has 246 valence electrons. The monoisotopic (exact) mass is 631 g/mol. The number of hydrogen-bond acceptors (Lipinski definition) is 9. The maximum absolute atomic E-state index is 13.1. The number of pyridine rings is 1. The van der Waals surface area contributed by atoms with Gasteiger partial charge in [0.05, 0.1) is 26.4 Å². The first kappa shape index (κ1) is 33.0. The van der Waals surface area contributed by atoms with Gasteiger partial charge >= 0.3 is 6.09 Å². The Kier molecular flexibility index (Phi) is 10.3. The molecule has 1 unspecified atom stereocenters. The number of carbonyl (C=O) groups excluding carboxylic acids is 2. The van der Waals surface area contributed by atoms with Gasteiger partial charge in [-0.3, -0.25) is 9.69 Å². The lowest BCUT2D eigenvalue weighted by Crippen LogP contribution is -2.58. The zero-order valence-corrected chi connectivity index (χ0v) is 27.3. The van der Waals surface area contributed by atoms with Crippen molar-refractivity contribution in [3.05, 3.63) is 83.0 Å². The van der Waals surface area contributed by atoms with Crippen LogP contribution in [-0.4, -0.2) is 96.1 Å². The average molecular weight is 632 g/mol. The molecule has 1 atom stereocenters. The summed E-state index contributed by atoms with van der Waals surface area (Å²) < 4.78 is 16.4. The number of nitrogens with one attached hydrogen (secondary N) is 2. The number of methoxy groups -OCH3 is 2. The van der Waals surface area contributed by atoms with Crippen molar-refractivity contribution in [1.82, 2.24) is 20.1 Å². The fourth-order valence-corrected chi connectivity index (χ4v) is 5.89. The van der Waals surface area contributed by atoms with Crippen molar-refractivity contribution in [1.29, 1.82) is 0 Å². The molecule has 11 heteroatoms. The van der Waals surface area contributed by atoms with Gasteiger partial charge in [-0.25, -0.2) is 9.78 Å². The Morgan fingerprint density at radius 1 is 1.04 bits per heavy atom. The number of likely N-dealkylation sites (tertiary alicyclic amines) is 1. The molecule has 0 bridgehead atoms. The minimum atomic E-state index is -0.801. The number of carbonyl (C=O) groups is 2. The largest absolute Gasteiger partial charge is 0.497 e. The van der Waals surface area contributed by atoms with E-state index in [1.165, 1.54) is 11.1 Å². The van der Waals surface area contributed by atoms with Crippen molar-refractivity contribution in [3.8, 4) is 11.5 Å². The molecule has 1 fully saturated rings. The van der Waals surface area contributed by atoms with Crippen LogP contribution < -0.4 is 20.1 Å². The van der Waals surface area contributed by atoms with E-state index in [1.807, 2.05) is 39.0 Å². The number of aromatic nitrogens is 1. The summed E-state index contributed by atoms with van der Waals surface area (Å²) in [6.07, 6.45) is 2.20. The number of amides is 2. The van der Waals surface area contributed by atoms with Crippen molar-refractivity contribution >= 4 is 17.8 Å². The molecule has 0 radical (unpaired) electrons. The van der Waals surface area contributed by atoms with Gasteiger partial charge in [-0.1, -0.05) is 30.3 Å². The molecular weight excluding hydrogens is 586 g/mol. The Bertz CT molecular complexity index is 1490. The topological polar surface area (TPSA) is 125 Å². The Hall–Kier alpha value is -4.35. The third kappa shape index (κ3) is 8.46. The zero-order chi connectivity index (χ0) is 32.8. The summed E-state index contributed by atoms with van der Waals surface area (Å²) in [7, 11) is 3.27. The van der Waals surface area contributed by atoms with E-state index < -0.39 is 11.7 Å². The summed E-state index contributed by atoms with van der Waals surface area (Å²) in [5, 5.41) is 17.3. The van der Waals surface area contributed by atoms with Crippen LogP contribution in [-0.2, 0) is 24.1 Å². The molecule has 0 saturated carbocycles. The maximum Gasteiger partial charge on any atom is 0.410 e. The van der Waals surface area contributed by atoms with Gasteiger partial charge in [0.15, 0.2) is 0 Å². The fraction of sp³-hybridized carbons (Fsp3) is 0.457. The molecule has 46 heavy (non-hydrogen) atoms. The SMILES string of the molecule is COc1ccc(CN(CC(O)CNC(=O)c2ccnc(NC3CN(C(=O)OC(C)(C)C)C3)c2)C2Cc3ccccc3C2)c(OC)c1. The molecule has 3 N–H and O–H groups in total. The number of hydrogen-bond donors (Lipinski definition) is 3. The van der Waals surface area contributed by atoms with Gasteiger partial charge in [0, 0.05) is 62.2 Å². The number of benzene rings is 2. The Balaban J connectivity index is 1.17. The van der Waals surface area contributed by atoms with Crippen LogP contribution in [0.1, 0.15) is 47.8 Å². The predicted molar refractivity (Wildman–Crippen MR) is 175 cm³/mol. The van der Waals surface area contributed by atoms with E-state index in [4.69, 9.17) is 14.2 Å². The number of ether oxygens (including phenoxy) is 3. The quantitative estimate of drug-likeness (QED) is 0.273. The van der Waals surface area contributed by atoms with Gasteiger partial charge in [-0.2, -0.15) is 0 Å². The lowest BCUT2D eigenvalue weighted by Gasteiger charge is -2.40. The number of aliphatic hydroxyl groups is 1. The van der Waals surface area contributed by atoms with E-state index in [0.29, 0.717) is 43.3 Å². The third-order valence-electron chi connectivity index (χ3n) is 8.26. The van der Waals surface area contributed by atoms with E-state index in [-0.39, 0.29) is 30.6 Å². The summed E-state index contributed by atoms with van der Waals surface area (Å²) in [5.74, 6) is 1.69. The highest BCUT2D eigenvalue weighted by atomic mass is 16.6. The van der Waals surface area contributed by atoms with Gasteiger partial charge in [-0.15, -0.1) is 0 Å². The van der Waals surface area contributed by atoms with E-state index in [2.05, 4.69) is 44.8 Å². The first-order chi connectivity index (χ1) is 22.0. The molecule has 2 amide bonds.